The third-order valence-corrected chi connectivity index (χ3v) is 7.03. The number of ether oxygens (including phenoxy) is 1. The Morgan fingerprint density at radius 2 is 1.68 bits per heavy atom. The van der Waals surface area contributed by atoms with Gasteiger partial charge in [0, 0.05) is 18.5 Å². The van der Waals surface area contributed by atoms with E-state index in [9.17, 15) is 18.8 Å². The maximum Gasteiger partial charge on any atom is 0.333 e. The van der Waals surface area contributed by atoms with E-state index >= 15 is 0 Å². The topological polar surface area (TPSA) is 86.4 Å². The van der Waals surface area contributed by atoms with Crippen LogP contribution < -0.4 is 11.2 Å². The Kier molecular flexibility index (Phi) is 6.94. The van der Waals surface area contributed by atoms with Crippen molar-refractivity contribution in [3.05, 3.63) is 38.9 Å². The highest BCUT2D eigenvalue weighted by atomic mass is 19.1. The monoisotopic (exact) mass is 474 g/mol. The zero-order chi connectivity index (χ0) is 24.6. The molecule has 2 aromatic heterocycles. The fourth-order valence-electron chi connectivity index (χ4n) is 5.34. The molecule has 0 radical (unpaired) electrons. The number of esters is 1. The summed E-state index contributed by atoms with van der Waals surface area (Å²) in [4.78, 5) is 45.7. The highest BCUT2D eigenvalue weighted by molar-refractivity contribution is 5.74. The first-order chi connectivity index (χ1) is 16.0. The van der Waals surface area contributed by atoms with Crippen molar-refractivity contribution in [2.75, 3.05) is 20.1 Å². The van der Waals surface area contributed by atoms with Crippen LogP contribution in [0.15, 0.2) is 21.9 Å². The summed E-state index contributed by atoms with van der Waals surface area (Å²) in [5.41, 5.74) is -1.09. The summed E-state index contributed by atoms with van der Waals surface area (Å²) < 4.78 is 22.5. The second-order valence-electron chi connectivity index (χ2n) is 10.9. The van der Waals surface area contributed by atoms with Gasteiger partial charge < -0.3 is 9.64 Å². The summed E-state index contributed by atoms with van der Waals surface area (Å²) in [7, 11) is 2.04. The minimum Gasteiger partial charge on any atom is -0.460 e. The van der Waals surface area contributed by atoms with Crippen LogP contribution in [0, 0.1) is 11.7 Å². The Balaban J connectivity index is 1.63. The molecule has 2 fully saturated rings. The van der Waals surface area contributed by atoms with Gasteiger partial charge in [0.2, 0.25) is 0 Å². The zero-order valence-corrected chi connectivity index (χ0v) is 20.6. The van der Waals surface area contributed by atoms with Crippen LogP contribution in [0.5, 0.6) is 0 Å². The van der Waals surface area contributed by atoms with Gasteiger partial charge in [0.05, 0.1) is 11.6 Å². The standard InChI is InChI=1S/C25H35FN4O4/c1-25(2,3)34-21(31)13-16-5-7-18(8-6-16)30-23(32)20-14-17(26)15-27-22(20)29(24(30)33)19-9-11-28(4)12-10-19/h14-16,18-19H,5-13H2,1-4H3. The smallest absolute Gasteiger partial charge is 0.333 e. The van der Waals surface area contributed by atoms with Gasteiger partial charge >= 0.3 is 11.7 Å². The van der Waals surface area contributed by atoms with Gasteiger partial charge in [0.1, 0.15) is 17.1 Å². The van der Waals surface area contributed by atoms with Gasteiger partial charge in [-0.05, 0) is 91.4 Å². The first kappa shape index (κ1) is 24.6. The Bertz CT molecular complexity index is 1170. The molecule has 8 nitrogen and oxygen atoms in total. The molecule has 186 valence electrons. The van der Waals surface area contributed by atoms with Gasteiger partial charge in [-0.25, -0.2) is 14.2 Å². The van der Waals surface area contributed by atoms with Crippen LogP contribution in [-0.2, 0) is 9.53 Å². The second-order valence-corrected chi connectivity index (χ2v) is 10.9. The molecule has 0 N–H and O–H groups in total. The summed E-state index contributed by atoms with van der Waals surface area (Å²) in [6.07, 6.45) is 5.63. The lowest BCUT2D eigenvalue weighted by Gasteiger charge is -2.33. The van der Waals surface area contributed by atoms with Crippen LogP contribution in [0.25, 0.3) is 11.0 Å². The molecular formula is C25H35FN4O4. The summed E-state index contributed by atoms with van der Waals surface area (Å²) in [6.45, 7) is 7.23. The third kappa shape index (κ3) is 5.24. The van der Waals surface area contributed by atoms with Crippen molar-refractivity contribution in [3.63, 3.8) is 0 Å². The van der Waals surface area contributed by atoms with Gasteiger partial charge in [0.25, 0.3) is 5.56 Å². The number of hydrogen-bond acceptors (Lipinski definition) is 6. The molecule has 0 spiro atoms. The lowest BCUT2D eigenvalue weighted by atomic mass is 9.84. The van der Waals surface area contributed by atoms with E-state index in [1.807, 2.05) is 27.8 Å². The van der Waals surface area contributed by atoms with E-state index in [-0.39, 0.29) is 40.7 Å². The predicted molar refractivity (Wildman–Crippen MR) is 127 cm³/mol. The number of pyridine rings is 1. The van der Waals surface area contributed by atoms with E-state index < -0.39 is 17.0 Å². The molecule has 34 heavy (non-hydrogen) atoms. The van der Waals surface area contributed by atoms with Gasteiger partial charge in [-0.1, -0.05) is 0 Å². The molecule has 1 aliphatic carbocycles. The summed E-state index contributed by atoms with van der Waals surface area (Å²) in [6, 6.07) is 0.833. The molecule has 0 unspecified atom stereocenters. The molecule has 0 bridgehead atoms. The molecule has 4 rings (SSSR count). The van der Waals surface area contributed by atoms with E-state index in [0.29, 0.717) is 19.3 Å². The minimum absolute atomic E-state index is 0.0838. The van der Waals surface area contributed by atoms with Gasteiger partial charge in [-0.2, -0.15) is 0 Å². The van der Waals surface area contributed by atoms with E-state index in [1.54, 1.807) is 4.57 Å². The van der Waals surface area contributed by atoms with E-state index in [2.05, 4.69) is 9.88 Å². The molecular weight excluding hydrogens is 439 g/mol. The highest BCUT2D eigenvalue weighted by Gasteiger charge is 2.31. The first-order valence-corrected chi connectivity index (χ1v) is 12.3. The molecule has 1 saturated heterocycles. The van der Waals surface area contributed by atoms with Crippen LogP contribution >= 0.6 is 0 Å². The molecule has 0 amide bonds. The number of nitrogens with zero attached hydrogens (tertiary/aromatic N) is 4. The Morgan fingerprint density at radius 3 is 2.29 bits per heavy atom. The number of carbonyl (C=O) groups excluding carboxylic acids is 1. The third-order valence-electron chi connectivity index (χ3n) is 7.03. The maximum absolute atomic E-state index is 14.1. The van der Waals surface area contributed by atoms with Crippen molar-refractivity contribution in [2.24, 2.45) is 5.92 Å². The van der Waals surface area contributed by atoms with Gasteiger partial charge in [0.15, 0.2) is 0 Å². The number of halogens is 1. The second kappa shape index (κ2) is 9.60. The Hall–Kier alpha value is -2.55. The summed E-state index contributed by atoms with van der Waals surface area (Å²) in [5.74, 6) is -0.645. The predicted octanol–water partition coefficient (Wildman–Crippen LogP) is 3.43. The Morgan fingerprint density at radius 1 is 1.06 bits per heavy atom. The number of likely N-dealkylation sites (tertiary alicyclic amines) is 1. The quantitative estimate of drug-likeness (QED) is 0.631. The zero-order valence-electron chi connectivity index (χ0n) is 20.6. The molecule has 2 aromatic rings. The fraction of sp³-hybridized carbons (Fsp3) is 0.680. The van der Waals surface area contributed by atoms with Crippen molar-refractivity contribution in [1.29, 1.82) is 0 Å². The largest absolute Gasteiger partial charge is 0.460 e. The van der Waals surface area contributed by atoms with Crippen LogP contribution in [-0.4, -0.2) is 50.7 Å². The lowest BCUT2D eigenvalue weighted by Crippen LogP contribution is -2.46. The van der Waals surface area contributed by atoms with Gasteiger partial charge in [-0.3, -0.25) is 18.7 Å². The van der Waals surface area contributed by atoms with Crippen LogP contribution in [0.3, 0.4) is 0 Å². The van der Waals surface area contributed by atoms with Crippen molar-refractivity contribution in [1.82, 2.24) is 19.0 Å². The molecule has 1 aliphatic heterocycles. The fourth-order valence-corrected chi connectivity index (χ4v) is 5.34. The SMILES string of the molecule is CN1CCC(n2c(=O)n(C3CCC(CC(=O)OC(C)(C)C)CC3)c(=O)c3cc(F)cnc32)CC1. The average Bonchev–Trinajstić information content (AvgIpc) is 2.75. The van der Waals surface area contributed by atoms with E-state index in [4.69, 9.17) is 4.74 Å². The Labute approximate surface area is 198 Å². The number of piperidine rings is 1. The molecule has 1 saturated carbocycles. The van der Waals surface area contributed by atoms with Crippen molar-refractivity contribution in [3.8, 4) is 0 Å². The van der Waals surface area contributed by atoms with Crippen molar-refractivity contribution in [2.45, 2.75) is 83.4 Å². The van der Waals surface area contributed by atoms with Crippen LogP contribution in [0.2, 0.25) is 0 Å². The maximum atomic E-state index is 14.1. The number of rotatable bonds is 4. The lowest BCUT2D eigenvalue weighted by molar-refractivity contribution is -0.156. The molecule has 3 heterocycles. The number of carbonyl (C=O) groups is 1. The summed E-state index contributed by atoms with van der Waals surface area (Å²) in [5, 5.41) is 0.148. The molecule has 0 aromatic carbocycles. The number of hydrogen-bond donors (Lipinski definition) is 0. The van der Waals surface area contributed by atoms with Gasteiger partial charge in [-0.15, -0.1) is 0 Å². The molecule has 0 atom stereocenters. The van der Waals surface area contributed by atoms with Crippen LogP contribution in [0.1, 0.15) is 77.8 Å². The van der Waals surface area contributed by atoms with Crippen LogP contribution in [0.4, 0.5) is 4.39 Å². The normalized spacial score (nSPS) is 22.7. The number of fused-ring (bicyclic) bond motifs is 1. The van der Waals surface area contributed by atoms with E-state index in [1.165, 1.54) is 10.6 Å². The molecule has 9 heteroatoms. The molecule has 2 aliphatic rings. The number of aromatic nitrogens is 3. The van der Waals surface area contributed by atoms with E-state index in [0.717, 1.165) is 45.0 Å². The van der Waals surface area contributed by atoms with Crippen molar-refractivity contribution < 1.29 is 13.9 Å². The minimum atomic E-state index is -0.592. The first-order valence-electron chi connectivity index (χ1n) is 12.3. The van der Waals surface area contributed by atoms with Crippen molar-refractivity contribution >= 4 is 17.0 Å². The highest BCUT2D eigenvalue weighted by Crippen LogP contribution is 2.34. The summed E-state index contributed by atoms with van der Waals surface area (Å²) >= 11 is 0. The average molecular weight is 475 g/mol.